The highest BCUT2D eigenvalue weighted by atomic mass is 16.3. The number of aliphatic hydroxyl groups excluding tert-OH is 2. The van der Waals surface area contributed by atoms with E-state index in [0.717, 1.165) is 24.7 Å². The van der Waals surface area contributed by atoms with Gasteiger partial charge in [0.2, 0.25) is 0 Å². The molecule has 0 amide bonds. The second kappa shape index (κ2) is 6.36. The molecule has 2 rings (SSSR count). The molecule has 2 aliphatic carbocycles. The minimum atomic E-state index is -0.635. The molecule has 0 aliphatic heterocycles. The minimum Gasteiger partial charge on any atom is -0.393 e. The highest BCUT2D eigenvalue weighted by Gasteiger charge is 2.34. The molecule has 106 valence electrons. The lowest BCUT2D eigenvalue weighted by Gasteiger charge is -2.40. The molecule has 0 aromatic heterocycles. The molecular formula is C15H29NO2. The summed E-state index contributed by atoms with van der Waals surface area (Å²) in [6.45, 7) is 1.93. The molecule has 0 saturated heterocycles. The van der Waals surface area contributed by atoms with Crippen LogP contribution in [0.25, 0.3) is 0 Å². The molecule has 4 N–H and O–H groups in total. The summed E-state index contributed by atoms with van der Waals surface area (Å²) < 4.78 is 0. The van der Waals surface area contributed by atoms with Crippen LogP contribution in [0.2, 0.25) is 0 Å². The predicted octanol–water partition coefficient (Wildman–Crippen LogP) is 2.26. The summed E-state index contributed by atoms with van der Waals surface area (Å²) in [5, 5.41) is 19.3. The summed E-state index contributed by atoms with van der Waals surface area (Å²) in [6.07, 6.45) is 8.80. The van der Waals surface area contributed by atoms with Gasteiger partial charge in [0.05, 0.1) is 6.10 Å². The Bertz CT molecular complexity index is 229. The zero-order valence-corrected chi connectivity index (χ0v) is 11.6. The van der Waals surface area contributed by atoms with Gasteiger partial charge in [-0.1, -0.05) is 25.7 Å². The maximum atomic E-state index is 9.77. The van der Waals surface area contributed by atoms with Gasteiger partial charge in [0.25, 0.3) is 0 Å². The van der Waals surface area contributed by atoms with Crippen molar-refractivity contribution in [3.63, 3.8) is 0 Å². The summed E-state index contributed by atoms with van der Waals surface area (Å²) in [5.41, 5.74) is 5.65. The molecule has 0 aromatic rings. The molecule has 0 heterocycles. The van der Waals surface area contributed by atoms with Crippen molar-refractivity contribution in [2.75, 3.05) is 0 Å². The lowest BCUT2D eigenvalue weighted by molar-refractivity contribution is 0.0311. The van der Waals surface area contributed by atoms with E-state index in [0.29, 0.717) is 11.8 Å². The zero-order valence-electron chi connectivity index (χ0n) is 11.6. The normalized spacial score (nSPS) is 41.3. The first-order chi connectivity index (χ1) is 8.58. The van der Waals surface area contributed by atoms with Crippen molar-refractivity contribution < 1.29 is 10.2 Å². The molecule has 2 saturated carbocycles. The topological polar surface area (TPSA) is 66.5 Å². The quantitative estimate of drug-likeness (QED) is 0.678. The minimum absolute atomic E-state index is 0.160. The van der Waals surface area contributed by atoms with Crippen LogP contribution in [0.3, 0.4) is 0 Å². The maximum Gasteiger partial charge on any atom is 0.105 e. The Kier molecular flexibility index (Phi) is 5.05. The van der Waals surface area contributed by atoms with E-state index in [9.17, 15) is 10.2 Å². The van der Waals surface area contributed by atoms with E-state index < -0.39 is 6.23 Å². The summed E-state index contributed by atoms with van der Waals surface area (Å²) in [7, 11) is 0. The third-order valence-electron chi connectivity index (χ3n) is 5.34. The van der Waals surface area contributed by atoms with E-state index in [1.54, 1.807) is 0 Å². The van der Waals surface area contributed by atoms with Gasteiger partial charge >= 0.3 is 0 Å². The van der Waals surface area contributed by atoms with Crippen molar-refractivity contribution in [3.05, 3.63) is 0 Å². The van der Waals surface area contributed by atoms with Crippen LogP contribution in [-0.2, 0) is 0 Å². The zero-order chi connectivity index (χ0) is 13.1. The molecule has 6 atom stereocenters. The van der Waals surface area contributed by atoms with Crippen LogP contribution in [0.5, 0.6) is 0 Å². The molecule has 3 heteroatoms. The summed E-state index contributed by atoms with van der Waals surface area (Å²) >= 11 is 0. The van der Waals surface area contributed by atoms with Crippen LogP contribution < -0.4 is 5.73 Å². The van der Waals surface area contributed by atoms with Gasteiger partial charge in [-0.05, 0) is 56.3 Å². The van der Waals surface area contributed by atoms with Crippen LogP contribution in [0, 0.1) is 23.7 Å². The molecule has 2 aliphatic rings. The van der Waals surface area contributed by atoms with Gasteiger partial charge in [0.15, 0.2) is 0 Å². The molecule has 18 heavy (non-hydrogen) atoms. The Morgan fingerprint density at radius 1 is 0.889 bits per heavy atom. The van der Waals surface area contributed by atoms with Crippen molar-refractivity contribution in [2.24, 2.45) is 29.4 Å². The Morgan fingerprint density at radius 3 is 1.89 bits per heavy atom. The third-order valence-corrected chi connectivity index (χ3v) is 5.34. The van der Waals surface area contributed by atoms with Gasteiger partial charge in [-0.15, -0.1) is 0 Å². The fourth-order valence-corrected chi connectivity index (χ4v) is 4.14. The first-order valence-corrected chi connectivity index (χ1v) is 7.69. The van der Waals surface area contributed by atoms with E-state index in [4.69, 9.17) is 5.73 Å². The monoisotopic (exact) mass is 255 g/mol. The van der Waals surface area contributed by atoms with Crippen LogP contribution in [0.15, 0.2) is 0 Å². The van der Waals surface area contributed by atoms with Gasteiger partial charge in [-0.25, -0.2) is 0 Å². The van der Waals surface area contributed by atoms with E-state index in [-0.39, 0.29) is 6.10 Å². The summed E-state index contributed by atoms with van der Waals surface area (Å²) in [4.78, 5) is 0. The van der Waals surface area contributed by atoms with E-state index in [2.05, 4.69) is 0 Å². The highest BCUT2D eigenvalue weighted by molar-refractivity contribution is 4.85. The lowest BCUT2D eigenvalue weighted by Crippen LogP contribution is -2.36. The average molecular weight is 255 g/mol. The molecular weight excluding hydrogens is 226 g/mol. The van der Waals surface area contributed by atoms with E-state index in [1.165, 1.54) is 38.5 Å². The van der Waals surface area contributed by atoms with Crippen molar-refractivity contribution in [2.45, 2.75) is 70.6 Å². The average Bonchev–Trinajstić information content (AvgIpc) is 2.39. The van der Waals surface area contributed by atoms with Crippen molar-refractivity contribution >= 4 is 0 Å². The van der Waals surface area contributed by atoms with Crippen LogP contribution in [-0.4, -0.2) is 22.5 Å². The molecule has 0 bridgehead atoms. The highest BCUT2D eigenvalue weighted by Crippen LogP contribution is 2.42. The summed E-state index contributed by atoms with van der Waals surface area (Å²) in [6, 6.07) is 0. The molecule has 2 fully saturated rings. The van der Waals surface area contributed by atoms with Crippen LogP contribution in [0.1, 0.15) is 58.3 Å². The first kappa shape index (κ1) is 14.3. The second-order valence-electron chi connectivity index (χ2n) is 6.60. The van der Waals surface area contributed by atoms with Crippen molar-refractivity contribution in [3.8, 4) is 0 Å². The Morgan fingerprint density at radius 2 is 1.39 bits per heavy atom. The van der Waals surface area contributed by atoms with Gasteiger partial charge in [0, 0.05) is 0 Å². The molecule has 6 unspecified atom stereocenters. The Hall–Kier alpha value is -0.120. The second-order valence-corrected chi connectivity index (χ2v) is 6.60. The SMILES string of the molecule is CC(O)C1CCCC(C2CCCC(C(N)O)C2)C1. The number of nitrogens with two attached hydrogens (primary N) is 1. The molecule has 3 nitrogen and oxygen atoms in total. The van der Waals surface area contributed by atoms with Gasteiger partial charge < -0.3 is 15.9 Å². The number of hydrogen-bond acceptors (Lipinski definition) is 3. The van der Waals surface area contributed by atoms with Crippen LogP contribution in [0.4, 0.5) is 0 Å². The van der Waals surface area contributed by atoms with Crippen LogP contribution >= 0.6 is 0 Å². The van der Waals surface area contributed by atoms with Gasteiger partial charge in [0.1, 0.15) is 6.23 Å². The number of rotatable bonds is 3. The van der Waals surface area contributed by atoms with Gasteiger partial charge in [-0.2, -0.15) is 0 Å². The van der Waals surface area contributed by atoms with E-state index >= 15 is 0 Å². The fourth-order valence-electron chi connectivity index (χ4n) is 4.14. The van der Waals surface area contributed by atoms with Gasteiger partial charge in [-0.3, -0.25) is 0 Å². The number of hydrogen-bond donors (Lipinski definition) is 3. The lowest BCUT2D eigenvalue weighted by atomic mass is 9.67. The Balaban J connectivity index is 1.90. The smallest absolute Gasteiger partial charge is 0.105 e. The van der Waals surface area contributed by atoms with Crippen molar-refractivity contribution in [1.29, 1.82) is 0 Å². The standard InChI is InChI=1S/C15H29NO2/c1-10(17)11-4-2-5-12(8-11)13-6-3-7-14(9-13)15(16)18/h10-15,17-18H,2-9,16H2,1H3. The molecule has 0 spiro atoms. The maximum absolute atomic E-state index is 9.77. The van der Waals surface area contributed by atoms with E-state index in [1.807, 2.05) is 6.92 Å². The van der Waals surface area contributed by atoms with Crippen molar-refractivity contribution in [1.82, 2.24) is 0 Å². The Labute approximate surface area is 111 Å². The summed E-state index contributed by atoms with van der Waals surface area (Å²) in [5.74, 6) is 2.27. The third kappa shape index (κ3) is 3.46. The predicted molar refractivity (Wildman–Crippen MR) is 72.8 cm³/mol. The number of aliphatic hydroxyl groups is 2. The molecule has 0 aromatic carbocycles. The largest absolute Gasteiger partial charge is 0.393 e. The first-order valence-electron chi connectivity index (χ1n) is 7.69. The molecule has 0 radical (unpaired) electrons. The fraction of sp³-hybridized carbons (Fsp3) is 1.00.